The fourth-order valence-corrected chi connectivity index (χ4v) is 10.6. The monoisotopic (exact) mass is 373 g/mol. The highest BCUT2D eigenvalue weighted by Gasteiger charge is 2.60. The molecule has 1 nitrogen and oxygen atoms in total. The van der Waals surface area contributed by atoms with Gasteiger partial charge in [-0.15, -0.1) is 0 Å². The van der Waals surface area contributed by atoms with E-state index in [-0.39, 0.29) is 0 Å². The maximum atomic E-state index is 9.67. The lowest BCUT2D eigenvalue weighted by Crippen LogP contribution is -2.53. The van der Waals surface area contributed by atoms with E-state index in [0.717, 1.165) is 35.8 Å². The van der Waals surface area contributed by atoms with Crippen LogP contribution in [0.25, 0.3) is 0 Å². The van der Waals surface area contributed by atoms with Crippen molar-refractivity contribution in [2.24, 2.45) is 40.4 Å². The Hall–Kier alpha value is -0.0800. The number of hydrogen-bond acceptors (Lipinski definition) is 1. The van der Waals surface area contributed by atoms with Gasteiger partial charge in [-0.2, -0.15) is 5.26 Å². The quantitative estimate of drug-likeness (QED) is 0.473. The standard InChI is InChI=1S/C24H40NP/c1-5-26(16-25)17(2)20-11-12-21-19-10-9-18-8-6-7-14-23(18,3)22(19)13-15-24(20,21)4/h17-22H,5-15H2,1-4H3. The summed E-state index contributed by atoms with van der Waals surface area (Å²) in [5.74, 6) is 7.52. The number of nitrogens with zero attached hydrogens (tertiary/aromatic N) is 1. The van der Waals surface area contributed by atoms with Crippen LogP contribution in [0.3, 0.4) is 0 Å². The summed E-state index contributed by atoms with van der Waals surface area (Å²) in [6.45, 7) is 10.0. The van der Waals surface area contributed by atoms with Crippen molar-refractivity contribution in [2.45, 2.75) is 97.6 Å². The molecule has 4 fully saturated rings. The fraction of sp³-hybridized carbons (Fsp3) is 0.958. The van der Waals surface area contributed by atoms with Gasteiger partial charge in [-0.1, -0.05) is 40.5 Å². The van der Waals surface area contributed by atoms with E-state index in [0.29, 0.717) is 16.5 Å². The molecule has 0 radical (unpaired) electrons. The first-order valence-electron chi connectivity index (χ1n) is 11.6. The van der Waals surface area contributed by atoms with Gasteiger partial charge in [-0.05, 0) is 104 Å². The summed E-state index contributed by atoms with van der Waals surface area (Å²) in [6, 6.07) is 0. The van der Waals surface area contributed by atoms with E-state index in [1.165, 1.54) is 64.2 Å². The smallest absolute Gasteiger partial charge is 0.0874 e. The van der Waals surface area contributed by atoms with Crippen molar-refractivity contribution in [3.63, 3.8) is 0 Å². The summed E-state index contributed by atoms with van der Waals surface area (Å²) in [5.41, 5.74) is 1.84. The van der Waals surface area contributed by atoms with Gasteiger partial charge in [0.05, 0.1) is 5.81 Å². The van der Waals surface area contributed by atoms with E-state index in [4.69, 9.17) is 0 Å². The van der Waals surface area contributed by atoms with Crippen LogP contribution in [0.5, 0.6) is 0 Å². The Bertz CT molecular complexity index is 567. The van der Waals surface area contributed by atoms with Crippen LogP contribution in [0.1, 0.15) is 91.9 Å². The minimum Gasteiger partial charge on any atom is -0.193 e. The molecule has 146 valence electrons. The van der Waals surface area contributed by atoms with Crippen molar-refractivity contribution < 1.29 is 0 Å². The summed E-state index contributed by atoms with van der Waals surface area (Å²) < 4.78 is 0. The van der Waals surface area contributed by atoms with Gasteiger partial charge in [0.1, 0.15) is 0 Å². The van der Waals surface area contributed by atoms with Gasteiger partial charge < -0.3 is 0 Å². The Kier molecular flexibility index (Phi) is 5.23. The molecule has 4 aliphatic carbocycles. The molecule has 26 heavy (non-hydrogen) atoms. The molecule has 0 heterocycles. The minimum absolute atomic E-state index is 0.429. The molecule has 4 aliphatic rings. The molecule has 9 atom stereocenters. The Balaban J connectivity index is 1.57. The highest BCUT2D eigenvalue weighted by atomic mass is 31.1. The molecular formula is C24H40NP. The van der Waals surface area contributed by atoms with E-state index in [2.05, 4.69) is 33.5 Å². The fourth-order valence-electron chi connectivity index (χ4n) is 8.80. The van der Waals surface area contributed by atoms with Crippen molar-refractivity contribution in [1.82, 2.24) is 0 Å². The first-order valence-corrected chi connectivity index (χ1v) is 13.2. The molecule has 0 saturated heterocycles. The Labute approximate surface area is 163 Å². The molecule has 9 unspecified atom stereocenters. The number of fused-ring (bicyclic) bond motifs is 5. The Morgan fingerprint density at radius 2 is 1.73 bits per heavy atom. The van der Waals surface area contributed by atoms with Crippen molar-refractivity contribution in [3.8, 4) is 5.81 Å². The summed E-state index contributed by atoms with van der Waals surface area (Å²) in [4.78, 5) is 0. The number of nitriles is 1. The lowest BCUT2D eigenvalue weighted by Gasteiger charge is -2.61. The second kappa shape index (κ2) is 7.07. The maximum absolute atomic E-state index is 9.67. The van der Waals surface area contributed by atoms with Crippen LogP contribution in [0.15, 0.2) is 0 Å². The van der Waals surface area contributed by atoms with Crippen molar-refractivity contribution in [3.05, 3.63) is 0 Å². The average Bonchev–Trinajstić information content (AvgIpc) is 2.99. The van der Waals surface area contributed by atoms with Crippen LogP contribution in [0, 0.1) is 51.5 Å². The van der Waals surface area contributed by atoms with E-state index >= 15 is 0 Å². The lowest BCUT2D eigenvalue weighted by molar-refractivity contribution is -0.110. The van der Waals surface area contributed by atoms with Gasteiger partial charge in [0.25, 0.3) is 0 Å². The SMILES string of the molecule is CCP(C#N)C(C)C1CCC2C3CCC4CCCCC4(C)C3CCC21C. The van der Waals surface area contributed by atoms with Gasteiger partial charge in [0.15, 0.2) is 0 Å². The molecule has 0 aromatic carbocycles. The van der Waals surface area contributed by atoms with Crippen molar-refractivity contribution >= 4 is 7.92 Å². The third-order valence-electron chi connectivity index (χ3n) is 10.2. The molecule has 4 rings (SSSR count). The van der Waals surface area contributed by atoms with Gasteiger partial charge in [0.2, 0.25) is 0 Å². The first-order chi connectivity index (χ1) is 12.5. The zero-order valence-corrected chi connectivity index (χ0v) is 18.5. The topological polar surface area (TPSA) is 23.8 Å². The van der Waals surface area contributed by atoms with Crippen molar-refractivity contribution in [1.29, 1.82) is 5.26 Å². The van der Waals surface area contributed by atoms with Gasteiger partial charge in [-0.25, -0.2) is 0 Å². The second-order valence-corrected chi connectivity index (χ2v) is 13.3. The van der Waals surface area contributed by atoms with Gasteiger partial charge >= 0.3 is 0 Å². The number of hydrogen-bond donors (Lipinski definition) is 0. The van der Waals surface area contributed by atoms with Gasteiger partial charge in [0, 0.05) is 7.92 Å². The molecule has 2 heteroatoms. The van der Waals surface area contributed by atoms with E-state index in [9.17, 15) is 5.26 Å². The zero-order chi connectivity index (χ0) is 18.5. The molecular weight excluding hydrogens is 333 g/mol. The van der Waals surface area contributed by atoms with Gasteiger partial charge in [-0.3, -0.25) is 0 Å². The van der Waals surface area contributed by atoms with Crippen LogP contribution in [-0.4, -0.2) is 11.8 Å². The second-order valence-electron chi connectivity index (χ2n) is 10.8. The molecule has 0 aromatic heterocycles. The molecule has 0 bridgehead atoms. The summed E-state index contributed by atoms with van der Waals surface area (Å²) in [7, 11) is -0.429. The molecule has 0 aliphatic heterocycles. The predicted molar refractivity (Wildman–Crippen MR) is 112 cm³/mol. The van der Waals surface area contributed by atoms with Crippen LogP contribution >= 0.6 is 7.92 Å². The summed E-state index contributed by atoms with van der Waals surface area (Å²) in [6.07, 6.45) is 16.0. The predicted octanol–water partition coefficient (Wildman–Crippen LogP) is 7.41. The van der Waals surface area contributed by atoms with Crippen LogP contribution in [-0.2, 0) is 0 Å². The normalized spacial score (nSPS) is 50.0. The largest absolute Gasteiger partial charge is 0.193 e. The molecule has 4 saturated carbocycles. The molecule has 0 N–H and O–H groups in total. The Morgan fingerprint density at radius 3 is 2.46 bits per heavy atom. The summed E-state index contributed by atoms with van der Waals surface area (Å²) in [5, 5.41) is 9.67. The maximum Gasteiger partial charge on any atom is 0.0874 e. The lowest BCUT2D eigenvalue weighted by atomic mass is 9.45. The van der Waals surface area contributed by atoms with Crippen molar-refractivity contribution in [2.75, 3.05) is 6.16 Å². The summed E-state index contributed by atoms with van der Waals surface area (Å²) >= 11 is 0. The molecule has 0 amide bonds. The van der Waals surface area contributed by atoms with E-state index < -0.39 is 7.92 Å². The first kappa shape index (κ1) is 19.2. The zero-order valence-electron chi connectivity index (χ0n) is 17.6. The third kappa shape index (κ3) is 2.72. The van der Waals surface area contributed by atoms with E-state index in [1.54, 1.807) is 0 Å². The highest BCUT2D eigenvalue weighted by Crippen LogP contribution is 2.69. The van der Waals surface area contributed by atoms with Crippen LogP contribution in [0.2, 0.25) is 0 Å². The third-order valence-corrected chi connectivity index (χ3v) is 12.5. The van der Waals surface area contributed by atoms with Crippen LogP contribution < -0.4 is 0 Å². The average molecular weight is 374 g/mol. The highest BCUT2D eigenvalue weighted by molar-refractivity contribution is 7.63. The van der Waals surface area contributed by atoms with Crippen LogP contribution in [0.4, 0.5) is 0 Å². The Morgan fingerprint density at radius 1 is 0.962 bits per heavy atom. The minimum atomic E-state index is -0.429. The van der Waals surface area contributed by atoms with E-state index in [1.807, 2.05) is 0 Å². The molecule has 0 spiro atoms. The number of rotatable bonds is 3. The molecule has 0 aromatic rings.